The second-order valence-electron chi connectivity index (χ2n) is 7.50. The van der Waals surface area contributed by atoms with Gasteiger partial charge in [-0.2, -0.15) is 0 Å². The van der Waals surface area contributed by atoms with Gasteiger partial charge < -0.3 is 10.0 Å². The van der Waals surface area contributed by atoms with Gasteiger partial charge in [0.15, 0.2) is 0 Å². The molecule has 30 heavy (non-hydrogen) atoms. The Morgan fingerprint density at radius 1 is 1.00 bits per heavy atom. The lowest BCUT2D eigenvalue weighted by Gasteiger charge is -2.26. The molecular weight excluding hydrogens is 376 g/mol. The van der Waals surface area contributed by atoms with Crippen LogP contribution in [0, 0.1) is 13.8 Å². The van der Waals surface area contributed by atoms with E-state index >= 15 is 0 Å². The zero-order valence-electron chi connectivity index (χ0n) is 16.9. The van der Waals surface area contributed by atoms with Gasteiger partial charge in [-0.05, 0) is 42.7 Å². The molecule has 0 bridgehead atoms. The monoisotopic (exact) mass is 398 g/mol. The van der Waals surface area contributed by atoms with E-state index in [0.29, 0.717) is 5.56 Å². The van der Waals surface area contributed by atoms with Crippen LogP contribution < -0.4 is 0 Å². The molecule has 0 aliphatic carbocycles. The molecular formula is C25H22N2O3. The van der Waals surface area contributed by atoms with Crippen molar-refractivity contribution in [3.8, 4) is 0 Å². The van der Waals surface area contributed by atoms with Gasteiger partial charge in [-0.3, -0.25) is 14.6 Å². The third-order valence-corrected chi connectivity index (χ3v) is 5.45. The van der Waals surface area contributed by atoms with Gasteiger partial charge in [-0.15, -0.1) is 0 Å². The summed E-state index contributed by atoms with van der Waals surface area (Å²) in [6.07, 6.45) is 3.24. The van der Waals surface area contributed by atoms with Crippen LogP contribution in [0.3, 0.4) is 0 Å². The number of amides is 1. The Hall–Kier alpha value is -3.73. The number of carbonyl (C=O) groups excluding carboxylic acids is 2. The molecule has 150 valence electrons. The molecule has 0 spiro atoms. The van der Waals surface area contributed by atoms with Crippen molar-refractivity contribution in [3.05, 3.63) is 106 Å². The Labute approximate surface area is 175 Å². The number of ketones is 1. The average molecular weight is 398 g/mol. The first-order valence-electron chi connectivity index (χ1n) is 9.77. The summed E-state index contributed by atoms with van der Waals surface area (Å²) in [4.78, 5) is 31.7. The standard InChI is InChI=1S/C25H22N2O3/c1-16-8-9-17(2)20(14-16)15-27-22(18-10-12-26-13-11-18)21(24(29)25(27)30)23(28)19-6-4-3-5-7-19/h3-14,22,28H,15H2,1-2H3/b23-21+. The van der Waals surface area contributed by atoms with Crippen LogP contribution in [0.2, 0.25) is 0 Å². The summed E-state index contributed by atoms with van der Waals surface area (Å²) in [5.41, 5.74) is 4.42. The molecule has 2 aromatic carbocycles. The van der Waals surface area contributed by atoms with E-state index in [0.717, 1.165) is 22.3 Å². The predicted molar refractivity (Wildman–Crippen MR) is 114 cm³/mol. The summed E-state index contributed by atoms with van der Waals surface area (Å²) < 4.78 is 0. The van der Waals surface area contributed by atoms with Crippen LogP contribution in [0.4, 0.5) is 0 Å². The van der Waals surface area contributed by atoms with E-state index in [9.17, 15) is 14.7 Å². The minimum atomic E-state index is -0.687. The molecule has 5 nitrogen and oxygen atoms in total. The van der Waals surface area contributed by atoms with Crippen LogP contribution >= 0.6 is 0 Å². The van der Waals surface area contributed by atoms with Crippen molar-refractivity contribution in [3.63, 3.8) is 0 Å². The van der Waals surface area contributed by atoms with E-state index in [1.54, 1.807) is 48.8 Å². The van der Waals surface area contributed by atoms with Crippen molar-refractivity contribution < 1.29 is 14.7 Å². The fourth-order valence-corrected chi connectivity index (χ4v) is 3.84. The summed E-state index contributed by atoms with van der Waals surface area (Å²) in [6, 6.07) is 17.7. The molecule has 4 rings (SSSR count). The molecule has 0 saturated carbocycles. The summed E-state index contributed by atoms with van der Waals surface area (Å²) in [7, 11) is 0. The molecule has 1 atom stereocenters. The first kappa shape index (κ1) is 19.6. The number of aliphatic hydroxyl groups is 1. The third kappa shape index (κ3) is 3.50. The van der Waals surface area contributed by atoms with Crippen molar-refractivity contribution in [2.24, 2.45) is 0 Å². The zero-order valence-corrected chi connectivity index (χ0v) is 16.9. The molecule has 1 aromatic heterocycles. The number of hydrogen-bond acceptors (Lipinski definition) is 4. The molecule has 1 N–H and O–H groups in total. The molecule has 1 saturated heterocycles. The number of Topliss-reactive ketones (excluding diaryl/α,β-unsaturated/α-hetero) is 1. The molecule has 1 fully saturated rings. The second kappa shape index (κ2) is 7.95. The Morgan fingerprint density at radius 3 is 2.40 bits per heavy atom. The number of likely N-dealkylation sites (tertiary alicyclic amines) is 1. The lowest BCUT2D eigenvalue weighted by molar-refractivity contribution is -0.140. The van der Waals surface area contributed by atoms with Crippen LogP contribution in [-0.4, -0.2) is 26.7 Å². The van der Waals surface area contributed by atoms with Crippen molar-refractivity contribution in [2.45, 2.75) is 26.4 Å². The number of hydrogen-bond donors (Lipinski definition) is 1. The molecule has 1 aliphatic heterocycles. The molecule has 1 aliphatic rings. The summed E-state index contributed by atoms with van der Waals surface area (Å²) >= 11 is 0. The summed E-state index contributed by atoms with van der Waals surface area (Å²) in [5, 5.41) is 11.0. The first-order chi connectivity index (χ1) is 14.5. The van der Waals surface area contributed by atoms with Crippen molar-refractivity contribution >= 4 is 17.4 Å². The van der Waals surface area contributed by atoms with Crippen LogP contribution in [-0.2, 0) is 16.1 Å². The van der Waals surface area contributed by atoms with Crippen LogP contribution in [0.5, 0.6) is 0 Å². The number of rotatable bonds is 4. The number of pyridine rings is 1. The first-order valence-corrected chi connectivity index (χ1v) is 9.77. The summed E-state index contributed by atoms with van der Waals surface area (Å²) in [5.74, 6) is -1.46. The van der Waals surface area contributed by atoms with E-state index in [1.165, 1.54) is 4.90 Å². The number of benzene rings is 2. The van der Waals surface area contributed by atoms with Crippen LogP contribution in [0.15, 0.2) is 78.6 Å². The lowest BCUT2D eigenvalue weighted by atomic mass is 9.95. The maximum Gasteiger partial charge on any atom is 0.295 e. The van der Waals surface area contributed by atoms with Gasteiger partial charge in [-0.25, -0.2) is 0 Å². The normalized spacial score (nSPS) is 18.1. The second-order valence-corrected chi connectivity index (χ2v) is 7.50. The predicted octanol–water partition coefficient (Wildman–Crippen LogP) is 4.32. The van der Waals surface area contributed by atoms with E-state index < -0.39 is 17.7 Å². The minimum Gasteiger partial charge on any atom is -0.507 e. The van der Waals surface area contributed by atoms with Crippen molar-refractivity contribution in [1.29, 1.82) is 0 Å². The van der Waals surface area contributed by atoms with E-state index in [-0.39, 0.29) is 17.9 Å². The fourth-order valence-electron chi connectivity index (χ4n) is 3.84. The molecule has 1 unspecified atom stereocenters. The third-order valence-electron chi connectivity index (χ3n) is 5.45. The Morgan fingerprint density at radius 2 is 1.70 bits per heavy atom. The van der Waals surface area contributed by atoms with E-state index in [4.69, 9.17) is 0 Å². The maximum atomic E-state index is 13.1. The lowest BCUT2D eigenvalue weighted by Crippen LogP contribution is -2.29. The molecule has 5 heteroatoms. The number of aromatic nitrogens is 1. The molecule has 3 aromatic rings. The number of carbonyl (C=O) groups is 2. The van der Waals surface area contributed by atoms with E-state index in [1.807, 2.05) is 38.1 Å². The number of aliphatic hydroxyl groups excluding tert-OH is 1. The molecule has 1 amide bonds. The van der Waals surface area contributed by atoms with Gasteiger partial charge in [0.05, 0.1) is 11.6 Å². The highest BCUT2D eigenvalue weighted by Crippen LogP contribution is 2.40. The topological polar surface area (TPSA) is 70.5 Å². The van der Waals surface area contributed by atoms with Crippen LogP contribution in [0.1, 0.15) is 33.9 Å². The largest absolute Gasteiger partial charge is 0.507 e. The van der Waals surface area contributed by atoms with E-state index in [2.05, 4.69) is 4.98 Å². The minimum absolute atomic E-state index is 0.0997. The van der Waals surface area contributed by atoms with Gasteiger partial charge in [0.25, 0.3) is 11.7 Å². The SMILES string of the molecule is Cc1ccc(C)c(CN2C(=O)C(=O)/C(=C(/O)c3ccccc3)C2c2ccncc2)c1. The highest BCUT2D eigenvalue weighted by Gasteiger charge is 2.46. The zero-order chi connectivity index (χ0) is 21.3. The van der Waals surface area contributed by atoms with Gasteiger partial charge in [0.2, 0.25) is 0 Å². The van der Waals surface area contributed by atoms with Gasteiger partial charge in [-0.1, -0.05) is 54.1 Å². The Balaban J connectivity index is 1.86. The van der Waals surface area contributed by atoms with Gasteiger partial charge in [0.1, 0.15) is 5.76 Å². The molecule has 0 radical (unpaired) electrons. The van der Waals surface area contributed by atoms with Gasteiger partial charge in [0, 0.05) is 24.5 Å². The average Bonchev–Trinajstić information content (AvgIpc) is 3.02. The summed E-state index contributed by atoms with van der Waals surface area (Å²) in [6.45, 7) is 4.25. The number of nitrogens with zero attached hydrogens (tertiary/aromatic N) is 2. The Bertz CT molecular complexity index is 1140. The van der Waals surface area contributed by atoms with Crippen LogP contribution in [0.25, 0.3) is 5.76 Å². The Kier molecular flexibility index (Phi) is 5.19. The quantitative estimate of drug-likeness (QED) is 0.404. The van der Waals surface area contributed by atoms with Crippen molar-refractivity contribution in [2.75, 3.05) is 0 Å². The highest BCUT2D eigenvalue weighted by molar-refractivity contribution is 6.46. The van der Waals surface area contributed by atoms with Crippen molar-refractivity contribution in [1.82, 2.24) is 9.88 Å². The smallest absolute Gasteiger partial charge is 0.295 e. The fraction of sp³-hybridized carbons (Fsp3) is 0.160. The number of aryl methyl sites for hydroxylation is 2. The molecule has 2 heterocycles. The maximum absolute atomic E-state index is 13.1. The van der Waals surface area contributed by atoms with Gasteiger partial charge >= 0.3 is 0 Å². The highest BCUT2D eigenvalue weighted by atomic mass is 16.3.